The van der Waals surface area contributed by atoms with Gasteiger partial charge in [-0.1, -0.05) is 30.3 Å². The van der Waals surface area contributed by atoms with Crippen LogP contribution in [-0.2, 0) is 9.53 Å². The molecule has 0 spiro atoms. The van der Waals surface area contributed by atoms with Crippen LogP contribution < -0.4 is 4.74 Å². The minimum Gasteiger partial charge on any atom is -0.463 e. The highest BCUT2D eigenvalue weighted by molar-refractivity contribution is 6.41. The van der Waals surface area contributed by atoms with Gasteiger partial charge in [0.25, 0.3) is 5.78 Å². The Kier molecular flexibility index (Phi) is 4.46. The lowest BCUT2D eigenvalue weighted by atomic mass is 10.1. The van der Waals surface area contributed by atoms with Gasteiger partial charge in [0, 0.05) is 0 Å². The zero-order chi connectivity index (χ0) is 15.2. The van der Waals surface area contributed by atoms with Crippen molar-refractivity contribution in [2.24, 2.45) is 0 Å². The summed E-state index contributed by atoms with van der Waals surface area (Å²) < 4.78 is 9.56. The number of ether oxygens (including phenoxy) is 2. The number of rotatable bonds is 4. The van der Waals surface area contributed by atoms with Crippen molar-refractivity contribution >= 4 is 17.7 Å². The summed E-state index contributed by atoms with van der Waals surface area (Å²) in [4.78, 5) is 35.1. The van der Waals surface area contributed by atoms with Crippen LogP contribution in [0.3, 0.4) is 0 Å². The van der Waals surface area contributed by atoms with E-state index < -0.39 is 17.7 Å². The molecule has 0 amide bonds. The zero-order valence-electron chi connectivity index (χ0n) is 11.2. The maximum Gasteiger partial charge on any atom is 0.379 e. The lowest BCUT2D eigenvalue weighted by molar-refractivity contribution is -0.135. The van der Waals surface area contributed by atoms with E-state index in [2.05, 4.69) is 4.74 Å². The predicted octanol–water partition coefficient (Wildman–Crippen LogP) is 2.26. The number of carbonyl (C=O) groups is 3. The second-order valence-electron chi connectivity index (χ2n) is 4.07. The molecule has 0 aliphatic rings. The van der Waals surface area contributed by atoms with Crippen molar-refractivity contribution in [3.8, 4) is 5.75 Å². The van der Waals surface area contributed by atoms with Gasteiger partial charge in [0.15, 0.2) is 0 Å². The summed E-state index contributed by atoms with van der Waals surface area (Å²) in [6.45, 7) is 0. The third-order valence-corrected chi connectivity index (χ3v) is 2.71. The van der Waals surface area contributed by atoms with E-state index in [0.29, 0.717) is 5.56 Å². The molecule has 0 N–H and O–H groups in total. The molecule has 0 saturated heterocycles. The summed E-state index contributed by atoms with van der Waals surface area (Å²) in [6.07, 6.45) is 0. The quantitative estimate of drug-likeness (QED) is 0.373. The van der Waals surface area contributed by atoms with Crippen LogP contribution in [0.4, 0.5) is 0 Å². The summed E-state index contributed by atoms with van der Waals surface area (Å²) >= 11 is 0. The zero-order valence-corrected chi connectivity index (χ0v) is 11.2. The summed E-state index contributed by atoms with van der Waals surface area (Å²) in [5.74, 6) is -2.48. The Hall–Kier alpha value is -2.95. The molecule has 5 heteroatoms. The maximum atomic E-state index is 12.0. The van der Waals surface area contributed by atoms with E-state index in [9.17, 15) is 14.4 Å². The van der Waals surface area contributed by atoms with E-state index >= 15 is 0 Å². The molecule has 0 bridgehead atoms. The Labute approximate surface area is 121 Å². The second-order valence-corrected chi connectivity index (χ2v) is 4.07. The Morgan fingerprint density at radius 3 is 2.14 bits per heavy atom. The van der Waals surface area contributed by atoms with Gasteiger partial charge in [-0.25, -0.2) is 9.59 Å². The number of esters is 2. The summed E-state index contributed by atoms with van der Waals surface area (Å²) in [7, 11) is 1.11. The highest BCUT2D eigenvalue weighted by atomic mass is 16.5. The number of Topliss-reactive ketones (excluding diaryl/α,β-unsaturated/α-hetero) is 1. The molecular formula is C16H12O5. The van der Waals surface area contributed by atoms with E-state index in [4.69, 9.17) is 4.74 Å². The molecule has 106 valence electrons. The topological polar surface area (TPSA) is 69.7 Å². The van der Waals surface area contributed by atoms with Gasteiger partial charge in [-0.3, -0.25) is 4.79 Å². The molecule has 0 radical (unpaired) electrons. The van der Waals surface area contributed by atoms with Gasteiger partial charge in [0.1, 0.15) is 5.75 Å². The van der Waals surface area contributed by atoms with E-state index in [1.165, 1.54) is 12.1 Å². The Balaban J connectivity index is 2.27. The number of hydrogen-bond donors (Lipinski definition) is 0. The van der Waals surface area contributed by atoms with Crippen molar-refractivity contribution < 1.29 is 23.9 Å². The summed E-state index contributed by atoms with van der Waals surface area (Å²) in [6, 6.07) is 14.3. The maximum absolute atomic E-state index is 12.0. The lowest BCUT2D eigenvalue weighted by Gasteiger charge is -2.08. The largest absolute Gasteiger partial charge is 0.463 e. The fourth-order valence-electron chi connectivity index (χ4n) is 1.68. The van der Waals surface area contributed by atoms with Gasteiger partial charge in [-0.2, -0.15) is 0 Å². The van der Waals surface area contributed by atoms with E-state index in [0.717, 1.165) is 7.11 Å². The molecule has 0 aromatic heterocycles. The van der Waals surface area contributed by atoms with E-state index in [1.54, 1.807) is 42.5 Å². The fraction of sp³-hybridized carbons (Fsp3) is 0.0625. The fourth-order valence-corrected chi connectivity index (χ4v) is 1.68. The number of ketones is 1. The molecule has 0 aliphatic carbocycles. The second kappa shape index (κ2) is 6.47. The predicted molar refractivity (Wildman–Crippen MR) is 74.2 cm³/mol. The molecule has 0 fully saturated rings. The number of carbonyl (C=O) groups excluding carboxylic acids is 3. The van der Waals surface area contributed by atoms with Crippen LogP contribution in [0, 0.1) is 0 Å². The van der Waals surface area contributed by atoms with Gasteiger partial charge < -0.3 is 9.47 Å². The Morgan fingerprint density at radius 1 is 0.857 bits per heavy atom. The summed E-state index contributed by atoms with van der Waals surface area (Å²) in [5.41, 5.74) is 0.325. The van der Waals surface area contributed by atoms with Crippen LogP contribution in [0.2, 0.25) is 0 Å². The van der Waals surface area contributed by atoms with E-state index in [-0.39, 0.29) is 11.3 Å². The molecule has 0 atom stereocenters. The molecule has 0 aliphatic heterocycles. The number of methoxy groups -OCH3 is 1. The smallest absolute Gasteiger partial charge is 0.379 e. The molecular weight excluding hydrogens is 272 g/mol. The van der Waals surface area contributed by atoms with Gasteiger partial charge >= 0.3 is 11.9 Å². The molecule has 2 aromatic rings. The van der Waals surface area contributed by atoms with Gasteiger partial charge in [-0.05, 0) is 24.3 Å². The standard InChI is InChI=1S/C16H12O5/c1-20-16(19)14(17)12-9-5-6-10-13(12)21-15(18)11-7-3-2-4-8-11/h2-10H,1H3. The monoisotopic (exact) mass is 284 g/mol. The molecule has 2 aromatic carbocycles. The highest BCUT2D eigenvalue weighted by Crippen LogP contribution is 2.20. The van der Waals surface area contributed by atoms with Crippen LogP contribution in [0.15, 0.2) is 54.6 Å². The first-order valence-corrected chi connectivity index (χ1v) is 6.12. The van der Waals surface area contributed by atoms with Gasteiger partial charge in [-0.15, -0.1) is 0 Å². The Bertz CT molecular complexity index is 676. The molecule has 21 heavy (non-hydrogen) atoms. The first kappa shape index (κ1) is 14.5. The molecule has 0 unspecified atom stereocenters. The highest BCUT2D eigenvalue weighted by Gasteiger charge is 2.22. The molecule has 0 heterocycles. The average Bonchev–Trinajstić information content (AvgIpc) is 2.54. The Morgan fingerprint density at radius 2 is 1.48 bits per heavy atom. The van der Waals surface area contributed by atoms with Crippen molar-refractivity contribution in [1.29, 1.82) is 0 Å². The number of benzene rings is 2. The third kappa shape index (κ3) is 3.33. The molecule has 0 saturated carbocycles. The van der Waals surface area contributed by atoms with Crippen LogP contribution >= 0.6 is 0 Å². The minimum absolute atomic E-state index is 0.0155. The molecule has 5 nitrogen and oxygen atoms in total. The van der Waals surface area contributed by atoms with Crippen molar-refractivity contribution in [3.05, 3.63) is 65.7 Å². The van der Waals surface area contributed by atoms with Crippen LogP contribution in [0.25, 0.3) is 0 Å². The van der Waals surface area contributed by atoms with Crippen molar-refractivity contribution in [1.82, 2.24) is 0 Å². The van der Waals surface area contributed by atoms with Gasteiger partial charge in [0.2, 0.25) is 0 Å². The molecule has 2 rings (SSSR count). The SMILES string of the molecule is COC(=O)C(=O)c1ccccc1OC(=O)c1ccccc1. The van der Waals surface area contributed by atoms with Crippen molar-refractivity contribution in [2.45, 2.75) is 0 Å². The average molecular weight is 284 g/mol. The van der Waals surface area contributed by atoms with Crippen LogP contribution in [-0.4, -0.2) is 24.8 Å². The first-order chi connectivity index (χ1) is 10.1. The minimum atomic E-state index is -1.02. The number of para-hydroxylation sites is 1. The van der Waals surface area contributed by atoms with Crippen molar-refractivity contribution in [3.63, 3.8) is 0 Å². The third-order valence-electron chi connectivity index (χ3n) is 2.71. The summed E-state index contributed by atoms with van der Waals surface area (Å²) in [5, 5.41) is 0. The van der Waals surface area contributed by atoms with Crippen LogP contribution in [0.5, 0.6) is 5.75 Å². The van der Waals surface area contributed by atoms with Gasteiger partial charge in [0.05, 0.1) is 18.2 Å². The van der Waals surface area contributed by atoms with Crippen LogP contribution in [0.1, 0.15) is 20.7 Å². The number of hydrogen-bond acceptors (Lipinski definition) is 5. The van der Waals surface area contributed by atoms with E-state index in [1.807, 2.05) is 0 Å². The lowest BCUT2D eigenvalue weighted by Crippen LogP contribution is -2.18. The van der Waals surface area contributed by atoms with Crippen molar-refractivity contribution in [2.75, 3.05) is 7.11 Å². The first-order valence-electron chi connectivity index (χ1n) is 6.12. The normalized spacial score (nSPS) is 9.76.